The molecule has 0 radical (unpaired) electrons. The number of nitrogens with one attached hydrogen (secondary N) is 1. The summed E-state index contributed by atoms with van der Waals surface area (Å²) in [6.07, 6.45) is 0. The molecule has 0 aliphatic carbocycles. The van der Waals surface area contributed by atoms with Crippen molar-refractivity contribution in [1.82, 2.24) is 10.2 Å². The SMILES string of the molecule is Cc1ccc(C)c(C(=O)C(=O)NCCN(C)C)c1. The number of hydrogen-bond acceptors (Lipinski definition) is 3. The van der Waals surface area contributed by atoms with Gasteiger partial charge in [-0.2, -0.15) is 0 Å². The number of amides is 1. The van der Waals surface area contributed by atoms with Crippen molar-refractivity contribution in [2.45, 2.75) is 13.8 Å². The van der Waals surface area contributed by atoms with E-state index in [1.165, 1.54) is 0 Å². The second-order valence-corrected chi connectivity index (χ2v) is 4.71. The van der Waals surface area contributed by atoms with Gasteiger partial charge in [0.2, 0.25) is 5.78 Å². The second-order valence-electron chi connectivity index (χ2n) is 4.71. The van der Waals surface area contributed by atoms with E-state index >= 15 is 0 Å². The molecular formula is C14H20N2O2. The fourth-order valence-corrected chi connectivity index (χ4v) is 1.58. The molecule has 0 atom stereocenters. The quantitative estimate of drug-likeness (QED) is 0.628. The number of nitrogens with zero attached hydrogens (tertiary/aromatic N) is 1. The van der Waals surface area contributed by atoms with Crippen molar-refractivity contribution in [3.8, 4) is 0 Å². The van der Waals surface area contributed by atoms with Gasteiger partial charge in [-0.25, -0.2) is 0 Å². The number of carbonyl (C=O) groups excluding carboxylic acids is 2. The van der Waals surface area contributed by atoms with Gasteiger partial charge in [0.05, 0.1) is 0 Å². The monoisotopic (exact) mass is 248 g/mol. The third-order valence-corrected chi connectivity index (χ3v) is 2.69. The summed E-state index contributed by atoms with van der Waals surface area (Å²) < 4.78 is 0. The Morgan fingerprint density at radius 3 is 2.50 bits per heavy atom. The lowest BCUT2D eigenvalue weighted by Crippen LogP contribution is -2.36. The maximum absolute atomic E-state index is 12.0. The molecule has 1 aromatic carbocycles. The number of ketones is 1. The molecule has 1 aromatic rings. The highest BCUT2D eigenvalue weighted by Crippen LogP contribution is 2.11. The molecule has 4 heteroatoms. The molecule has 1 amide bonds. The van der Waals surface area contributed by atoms with Crippen LogP contribution in [0.4, 0.5) is 0 Å². The zero-order valence-electron chi connectivity index (χ0n) is 11.4. The number of carbonyl (C=O) groups is 2. The number of benzene rings is 1. The van der Waals surface area contributed by atoms with E-state index in [1.54, 1.807) is 6.07 Å². The molecule has 0 aliphatic heterocycles. The number of aryl methyl sites for hydroxylation is 2. The summed E-state index contributed by atoms with van der Waals surface area (Å²) in [6, 6.07) is 5.54. The van der Waals surface area contributed by atoms with E-state index < -0.39 is 11.7 Å². The minimum Gasteiger partial charge on any atom is -0.348 e. The van der Waals surface area contributed by atoms with Gasteiger partial charge in [0.15, 0.2) is 0 Å². The molecule has 1 N–H and O–H groups in total. The van der Waals surface area contributed by atoms with Gasteiger partial charge in [0, 0.05) is 18.7 Å². The van der Waals surface area contributed by atoms with E-state index in [4.69, 9.17) is 0 Å². The molecule has 0 aromatic heterocycles. The molecule has 0 bridgehead atoms. The van der Waals surface area contributed by atoms with Crippen molar-refractivity contribution in [2.24, 2.45) is 0 Å². The van der Waals surface area contributed by atoms with Gasteiger partial charge >= 0.3 is 0 Å². The molecule has 4 nitrogen and oxygen atoms in total. The first-order chi connectivity index (χ1) is 8.41. The number of Topliss-reactive ketones (excluding diaryl/α,β-unsaturated/α-hetero) is 1. The number of rotatable bonds is 5. The van der Waals surface area contributed by atoms with Crippen LogP contribution in [0.5, 0.6) is 0 Å². The molecule has 0 saturated carbocycles. The van der Waals surface area contributed by atoms with E-state index in [9.17, 15) is 9.59 Å². The smallest absolute Gasteiger partial charge is 0.292 e. The lowest BCUT2D eigenvalue weighted by atomic mass is 10.0. The lowest BCUT2D eigenvalue weighted by Gasteiger charge is -2.10. The summed E-state index contributed by atoms with van der Waals surface area (Å²) in [7, 11) is 3.83. The van der Waals surface area contributed by atoms with Gasteiger partial charge in [-0.05, 0) is 39.6 Å². The van der Waals surface area contributed by atoms with E-state index in [0.717, 1.165) is 11.1 Å². The maximum atomic E-state index is 12.0. The predicted octanol–water partition coefficient (Wildman–Crippen LogP) is 1.16. The van der Waals surface area contributed by atoms with Crippen LogP contribution in [0.25, 0.3) is 0 Å². The van der Waals surface area contributed by atoms with Crippen LogP contribution in [0.3, 0.4) is 0 Å². The molecular weight excluding hydrogens is 228 g/mol. The first-order valence-electron chi connectivity index (χ1n) is 5.96. The molecule has 0 unspecified atom stereocenters. The molecule has 0 spiro atoms. The summed E-state index contributed by atoms with van der Waals surface area (Å²) in [5.41, 5.74) is 2.29. The van der Waals surface area contributed by atoms with Crippen molar-refractivity contribution in [1.29, 1.82) is 0 Å². The minimum atomic E-state index is -0.537. The van der Waals surface area contributed by atoms with Gasteiger partial charge in [-0.15, -0.1) is 0 Å². The Morgan fingerprint density at radius 1 is 1.22 bits per heavy atom. The summed E-state index contributed by atoms with van der Waals surface area (Å²) in [4.78, 5) is 25.6. The van der Waals surface area contributed by atoms with Crippen LogP contribution in [0, 0.1) is 13.8 Å². The fourth-order valence-electron chi connectivity index (χ4n) is 1.58. The Morgan fingerprint density at radius 2 is 1.89 bits per heavy atom. The van der Waals surface area contributed by atoms with Crippen LogP contribution in [-0.4, -0.2) is 43.8 Å². The average molecular weight is 248 g/mol. The Labute approximate surface area is 108 Å². The standard InChI is InChI=1S/C14H20N2O2/c1-10-5-6-11(2)12(9-10)13(17)14(18)15-7-8-16(3)4/h5-6,9H,7-8H2,1-4H3,(H,15,18). The zero-order valence-corrected chi connectivity index (χ0v) is 11.4. The summed E-state index contributed by atoms with van der Waals surface area (Å²) in [5.74, 6) is -1.000. The molecule has 18 heavy (non-hydrogen) atoms. The number of hydrogen-bond donors (Lipinski definition) is 1. The highest BCUT2D eigenvalue weighted by atomic mass is 16.2. The zero-order chi connectivity index (χ0) is 13.7. The third kappa shape index (κ3) is 3.96. The van der Waals surface area contributed by atoms with Crippen LogP contribution in [0.15, 0.2) is 18.2 Å². The first kappa shape index (κ1) is 14.4. The predicted molar refractivity (Wildman–Crippen MR) is 71.8 cm³/mol. The van der Waals surface area contributed by atoms with E-state index in [-0.39, 0.29) is 0 Å². The van der Waals surface area contributed by atoms with Crippen LogP contribution in [0.1, 0.15) is 21.5 Å². The Hall–Kier alpha value is -1.68. The van der Waals surface area contributed by atoms with Gasteiger partial charge < -0.3 is 10.2 Å². The Bertz CT molecular complexity index is 453. The lowest BCUT2D eigenvalue weighted by molar-refractivity contribution is -0.117. The van der Waals surface area contributed by atoms with Crippen LogP contribution < -0.4 is 5.32 Å². The second kappa shape index (κ2) is 6.31. The molecule has 0 saturated heterocycles. The molecule has 0 heterocycles. The molecule has 1 rings (SSSR count). The van der Waals surface area contributed by atoms with Crippen LogP contribution in [0.2, 0.25) is 0 Å². The normalized spacial score (nSPS) is 10.5. The van der Waals surface area contributed by atoms with Crippen molar-refractivity contribution in [2.75, 3.05) is 27.2 Å². The summed E-state index contributed by atoms with van der Waals surface area (Å²) >= 11 is 0. The molecule has 98 valence electrons. The van der Waals surface area contributed by atoms with Gasteiger partial charge in [0.1, 0.15) is 0 Å². The summed E-state index contributed by atoms with van der Waals surface area (Å²) in [5, 5.41) is 2.63. The van der Waals surface area contributed by atoms with Crippen LogP contribution in [-0.2, 0) is 4.79 Å². The third-order valence-electron chi connectivity index (χ3n) is 2.69. The van der Waals surface area contributed by atoms with Crippen LogP contribution >= 0.6 is 0 Å². The summed E-state index contributed by atoms with van der Waals surface area (Å²) in [6.45, 7) is 4.92. The van der Waals surface area contributed by atoms with Gasteiger partial charge in [0.25, 0.3) is 5.91 Å². The van der Waals surface area contributed by atoms with Gasteiger partial charge in [-0.3, -0.25) is 9.59 Å². The topological polar surface area (TPSA) is 49.4 Å². The van der Waals surface area contributed by atoms with Crippen molar-refractivity contribution >= 4 is 11.7 Å². The highest BCUT2D eigenvalue weighted by molar-refractivity contribution is 6.43. The maximum Gasteiger partial charge on any atom is 0.292 e. The Kier molecular flexibility index (Phi) is 5.04. The van der Waals surface area contributed by atoms with E-state index in [1.807, 2.05) is 45.0 Å². The fraction of sp³-hybridized carbons (Fsp3) is 0.429. The van der Waals surface area contributed by atoms with Gasteiger partial charge in [-0.1, -0.05) is 17.7 Å². The first-order valence-corrected chi connectivity index (χ1v) is 5.96. The van der Waals surface area contributed by atoms with Crippen molar-refractivity contribution in [3.05, 3.63) is 34.9 Å². The van der Waals surface area contributed by atoms with E-state index in [2.05, 4.69) is 5.32 Å². The van der Waals surface area contributed by atoms with Crippen molar-refractivity contribution in [3.63, 3.8) is 0 Å². The van der Waals surface area contributed by atoms with Crippen molar-refractivity contribution < 1.29 is 9.59 Å². The minimum absolute atomic E-state index is 0.463. The molecule has 0 fully saturated rings. The Balaban J connectivity index is 2.69. The molecule has 0 aliphatic rings. The number of likely N-dealkylation sites (N-methyl/N-ethyl adjacent to an activating group) is 1. The average Bonchev–Trinajstić information content (AvgIpc) is 2.30. The highest BCUT2D eigenvalue weighted by Gasteiger charge is 2.17. The van der Waals surface area contributed by atoms with E-state index in [0.29, 0.717) is 18.7 Å². The largest absolute Gasteiger partial charge is 0.348 e.